The van der Waals surface area contributed by atoms with Crippen LogP contribution in [0.25, 0.3) is 0 Å². The summed E-state index contributed by atoms with van der Waals surface area (Å²) in [7, 11) is 4.76. The molecule has 1 heterocycles. The second kappa shape index (κ2) is 9.80. The van der Waals surface area contributed by atoms with E-state index in [0.29, 0.717) is 30.2 Å². The molecule has 0 aliphatic carbocycles. The molecule has 0 fully saturated rings. The van der Waals surface area contributed by atoms with Gasteiger partial charge in [0.1, 0.15) is 11.8 Å². The third-order valence-corrected chi connectivity index (χ3v) is 5.78. The third-order valence-electron chi connectivity index (χ3n) is 5.78. The Morgan fingerprint density at radius 2 is 1.66 bits per heavy atom. The minimum absolute atomic E-state index is 0.252. The molecule has 0 radical (unpaired) electrons. The third kappa shape index (κ3) is 4.59. The molecule has 0 unspecified atom stereocenters. The molecule has 0 spiro atoms. The van der Waals surface area contributed by atoms with Gasteiger partial charge in [-0.1, -0.05) is 26.0 Å². The largest absolute Gasteiger partial charge is 0.497 e. The molecule has 1 aliphatic heterocycles. The highest BCUT2D eigenvalue weighted by atomic mass is 16.5. The van der Waals surface area contributed by atoms with Crippen molar-refractivity contribution in [3.8, 4) is 17.2 Å². The lowest BCUT2D eigenvalue weighted by atomic mass is 9.87. The Morgan fingerprint density at radius 3 is 2.19 bits per heavy atom. The first kappa shape index (κ1) is 23.2. The summed E-state index contributed by atoms with van der Waals surface area (Å²) in [5, 5.41) is 12.2. The zero-order chi connectivity index (χ0) is 23.4. The second-order valence-corrected chi connectivity index (χ2v) is 8.03. The molecule has 0 aromatic heterocycles. The van der Waals surface area contributed by atoms with Crippen LogP contribution >= 0.6 is 0 Å². The van der Waals surface area contributed by atoms with Gasteiger partial charge in [-0.2, -0.15) is 0 Å². The Morgan fingerprint density at radius 1 is 1.03 bits per heavy atom. The van der Waals surface area contributed by atoms with E-state index in [2.05, 4.69) is 5.32 Å². The van der Waals surface area contributed by atoms with Gasteiger partial charge in [0, 0.05) is 6.54 Å². The van der Waals surface area contributed by atoms with Gasteiger partial charge in [-0.05, 0) is 53.3 Å². The number of hydrogen-bond donors (Lipinski definition) is 2. The minimum Gasteiger partial charge on any atom is -0.497 e. The lowest BCUT2D eigenvalue weighted by Crippen LogP contribution is -2.52. The highest BCUT2D eigenvalue weighted by Crippen LogP contribution is 2.41. The van der Waals surface area contributed by atoms with Gasteiger partial charge < -0.3 is 29.5 Å². The summed E-state index contributed by atoms with van der Waals surface area (Å²) in [6, 6.07) is 9.50. The first-order valence-electron chi connectivity index (χ1n) is 10.5. The van der Waals surface area contributed by atoms with Gasteiger partial charge in [0.2, 0.25) is 0 Å². The first-order chi connectivity index (χ1) is 15.3. The number of nitrogens with zero attached hydrogens (tertiary/aromatic N) is 1. The molecule has 8 heteroatoms. The van der Waals surface area contributed by atoms with Gasteiger partial charge in [-0.15, -0.1) is 0 Å². The Kier molecular flexibility index (Phi) is 7.12. The zero-order valence-electron chi connectivity index (χ0n) is 19.0. The van der Waals surface area contributed by atoms with Crippen LogP contribution in [0.3, 0.4) is 0 Å². The molecule has 3 rings (SSSR count). The molecule has 1 aliphatic rings. The van der Waals surface area contributed by atoms with Crippen molar-refractivity contribution >= 4 is 12.0 Å². The van der Waals surface area contributed by atoms with Gasteiger partial charge in [-0.3, -0.25) is 0 Å². The van der Waals surface area contributed by atoms with Crippen molar-refractivity contribution < 1.29 is 28.9 Å². The normalized spacial score (nSPS) is 16.2. The van der Waals surface area contributed by atoms with Crippen molar-refractivity contribution in [3.05, 3.63) is 53.1 Å². The fourth-order valence-corrected chi connectivity index (χ4v) is 4.04. The topological polar surface area (TPSA) is 97.3 Å². The van der Waals surface area contributed by atoms with E-state index in [1.807, 2.05) is 36.4 Å². The van der Waals surface area contributed by atoms with Crippen LogP contribution in [0, 0.1) is 5.92 Å². The molecule has 0 bridgehead atoms. The predicted octanol–water partition coefficient (Wildman–Crippen LogP) is 3.48. The van der Waals surface area contributed by atoms with Crippen LogP contribution in [0.4, 0.5) is 4.79 Å². The number of rotatable bonds is 7. The summed E-state index contributed by atoms with van der Waals surface area (Å²) in [6.45, 7) is 3.96. The molecular weight excluding hydrogens is 412 g/mol. The fraction of sp³-hybridized carbons (Fsp3) is 0.417. The van der Waals surface area contributed by atoms with E-state index >= 15 is 0 Å². The van der Waals surface area contributed by atoms with Crippen LogP contribution in [0.5, 0.6) is 17.2 Å². The molecule has 2 atom stereocenters. The number of amides is 2. The van der Waals surface area contributed by atoms with Crippen molar-refractivity contribution in [1.29, 1.82) is 0 Å². The van der Waals surface area contributed by atoms with Crippen molar-refractivity contribution in [2.75, 3.05) is 27.9 Å². The average molecular weight is 443 g/mol. The molecule has 2 aromatic rings. The minimum atomic E-state index is -1.06. The van der Waals surface area contributed by atoms with Crippen molar-refractivity contribution in [1.82, 2.24) is 10.2 Å². The van der Waals surface area contributed by atoms with Gasteiger partial charge in [0.05, 0.1) is 27.4 Å². The predicted molar refractivity (Wildman–Crippen MR) is 120 cm³/mol. The van der Waals surface area contributed by atoms with E-state index in [0.717, 1.165) is 16.7 Å². The van der Waals surface area contributed by atoms with Crippen LogP contribution < -0.4 is 19.5 Å². The monoisotopic (exact) mass is 442 g/mol. The summed E-state index contributed by atoms with van der Waals surface area (Å²) in [4.78, 5) is 26.6. The summed E-state index contributed by atoms with van der Waals surface area (Å²) in [6.07, 6.45) is 0.606. The van der Waals surface area contributed by atoms with E-state index in [-0.39, 0.29) is 5.92 Å². The van der Waals surface area contributed by atoms with Gasteiger partial charge >= 0.3 is 12.0 Å². The summed E-state index contributed by atoms with van der Waals surface area (Å²) in [5.41, 5.74) is 2.84. The zero-order valence-corrected chi connectivity index (χ0v) is 19.0. The van der Waals surface area contributed by atoms with Gasteiger partial charge in [0.15, 0.2) is 11.5 Å². The number of carbonyl (C=O) groups is 2. The number of carboxylic acid groups (broad SMARTS) is 1. The SMILES string of the molecule is COc1ccc([C@@H]2c3cc(OC)c(OC)cc3CCN2C(=O)N[C@H](C(=O)O)C(C)C)cc1. The van der Waals surface area contributed by atoms with Crippen molar-refractivity contribution in [2.45, 2.75) is 32.4 Å². The number of nitrogens with one attached hydrogen (secondary N) is 1. The number of carbonyl (C=O) groups excluding carboxylic acids is 1. The van der Waals surface area contributed by atoms with E-state index in [1.54, 1.807) is 40.1 Å². The summed E-state index contributed by atoms with van der Waals surface area (Å²) in [5.74, 6) is 0.593. The fourth-order valence-electron chi connectivity index (χ4n) is 4.04. The standard InChI is InChI=1S/C24H30N2O6/c1-14(2)21(23(27)28)25-24(29)26-11-10-16-12-19(31-4)20(32-5)13-18(16)22(26)15-6-8-17(30-3)9-7-15/h6-9,12-14,21-22H,10-11H2,1-5H3,(H,25,29)(H,27,28)/t21-,22+/m0/s1. The van der Waals surface area contributed by atoms with E-state index in [4.69, 9.17) is 14.2 Å². The van der Waals surface area contributed by atoms with Crippen molar-refractivity contribution in [2.24, 2.45) is 5.92 Å². The maximum atomic E-state index is 13.3. The molecule has 0 saturated heterocycles. The molecule has 8 nitrogen and oxygen atoms in total. The summed E-state index contributed by atoms with van der Waals surface area (Å²) >= 11 is 0. The maximum Gasteiger partial charge on any atom is 0.326 e. The highest BCUT2D eigenvalue weighted by Gasteiger charge is 2.35. The smallest absolute Gasteiger partial charge is 0.326 e. The molecule has 2 aromatic carbocycles. The van der Waals surface area contributed by atoms with Crippen LogP contribution in [-0.4, -0.2) is 55.9 Å². The van der Waals surface area contributed by atoms with E-state index in [1.165, 1.54) is 0 Å². The lowest BCUT2D eigenvalue weighted by Gasteiger charge is -2.39. The van der Waals surface area contributed by atoms with Gasteiger partial charge in [-0.25, -0.2) is 9.59 Å². The van der Waals surface area contributed by atoms with E-state index in [9.17, 15) is 14.7 Å². The quantitative estimate of drug-likeness (QED) is 0.681. The average Bonchev–Trinajstić information content (AvgIpc) is 2.80. The van der Waals surface area contributed by atoms with Crippen LogP contribution in [0.15, 0.2) is 36.4 Å². The number of carboxylic acids is 1. The number of methoxy groups -OCH3 is 3. The number of benzene rings is 2. The Hall–Kier alpha value is -3.42. The molecule has 0 saturated carbocycles. The first-order valence-corrected chi connectivity index (χ1v) is 10.5. The number of fused-ring (bicyclic) bond motifs is 1. The lowest BCUT2D eigenvalue weighted by molar-refractivity contribution is -0.140. The Balaban J connectivity index is 2.07. The summed E-state index contributed by atoms with van der Waals surface area (Å²) < 4.78 is 16.2. The molecule has 2 amide bonds. The number of aliphatic carboxylic acids is 1. The second-order valence-electron chi connectivity index (χ2n) is 8.03. The Labute approximate surface area is 188 Å². The van der Waals surface area contributed by atoms with Gasteiger partial charge in [0.25, 0.3) is 0 Å². The molecular formula is C24H30N2O6. The van der Waals surface area contributed by atoms with Crippen LogP contribution in [-0.2, 0) is 11.2 Å². The number of urea groups is 1. The van der Waals surface area contributed by atoms with E-state index < -0.39 is 24.1 Å². The molecule has 2 N–H and O–H groups in total. The van der Waals surface area contributed by atoms with Crippen molar-refractivity contribution in [3.63, 3.8) is 0 Å². The van der Waals surface area contributed by atoms with Crippen LogP contribution in [0.1, 0.15) is 36.6 Å². The Bertz CT molecular complexity index is 973. The van der Waals surface area contributed by atoms with Crippen LogP contribution in [0.2, 0.25) is 0 Å². The maximum absolute atomic E-state index is 13.3. The molecule has 32 heavy (non-hydrogen) atoms. The number of hydrogen-bond acceptors (Lipinski definition) is 5. The number of ether oxygens (including phenoxy) is 3. The molecule has 172 valence electrons. The highest BCUT2D eigenvalue weighted by molar-refractivity contribution is 5.83.